The van der Waals surface area contributed by atoms with Crippen LogP contribution in [-0.2, 0) is 13.0 Å². The van der Waals surface area contributed by atoms with E-state index in [9.17, 15) is 0 Å². The minimum atomic E-state index is 0.467. The van der Waals surface area contributed by atoms with E-state index < -0.39 is 0 Å². The SMILES string of the molecule is CCCCCCCCC(NCC)c1cc(CC)nn1CC. The summed E-state index contributed by atoms with van der Waals surface area (Å²) in [4.78, 5) is 0. The number of nitrogens with zero attached hydrogens (tertiary/aromatic N) is 2. The predicted molar refractivity (Wildman–Crippen MR) is 91.7 cm³/mol. The molecule has 0 fully saturated rings. The molecule has 0 aliphatic rings. The van der Waals surface area contributed by atoms with Crippen molar-refractivity contribution in [1.29, 1.82) is 0 Å². The second-order valence-corrected chi connectivity index (χ2v) is 5.90. The van der Waals surface area contributed by atoms with E-state index in [1.807, 2.05) is 0 Å². The zero-order valence-electron chi connectivity index (χ0n) is 14.6. The minimum Gasteiger partial charge on any atom is -0.309 e. The average Bonchev–Trinajstić information content (AvgIpc) is 2.93. The van der Waals surface area contributed by atoms with Gasteiger partial charge in [-0.1, -0.05) is 59.3 Å². The quantitative estimate of drug-likeness (QED) is 0.557. The summed E-state index contributed by atoms with van der Waals surface area (Å²) in [5, 5.41) is 8.35. The van der Waals surface area contributed by atoms with E-state index in [0.29, 0.717) is 6.04 Å². The molecule has 1 unspecified atom stereocenters. The molecule has 0 saturated heterocycles. The van der Waals surface area contributed by atoms with Crippen LogP contribution >= 0.6 is 0 Å². The maximum absolute atomic E-state index is 4.70. The highest BCUT2D eigenvalue weighted by Crippen LogP contribution is 2.22. The summed E-state index contributed by atoms with van der Waals surface area (Å²) in [5.74, 6) is 0. The molecule has 0 bridgehead atoms. The highest BCUT2D eigenvalue weighted by atomic mass is 15.3. The van der Waals surface area contributed by atoms with Crippen LogP contribution in [0.2, 0.25) is 0 Å². The molecule has 0 saturated carbocycles. The van der Waals surface area contributed by atoms with Gasteiger partial charge in [0, 0.05) is 12.6 Å². The third kappa shape index (κ3) is 6.21. The van der Waals surface area contributed by atoms with Crippen molar-refractivity contribution in [1.82, 2.24) is 15.1 Å². The van der Waals surface area contributed by atoms with Gasteiger partial charge in [-0.15, -0.1) is 0 Å². The lowest BCUT2D eigenvalue weighted by atomic mass is 10.0. The van der Waals surface area contributed by atoms with E-state index in [0.717, 1.165) is 19.5 Å². The first kappa shape index (κ1) is 18.2. The lowest BCUT2D eigenvalue weighted by Crippen LogP contribution is -2.23. The highest BCUT2D eigenvalue weighted by molar-refractivity contribution is 5.14. The van der Waals surface area contributed by atoms with Gasteiger partial charge in [-0.2, -0.15) is 5.10 Å². The van der Waals surface area contributed by atoms with Crippen LogP contribution in [0.25, 0.3) is 0 Å². The fourth-order valence-corrected chi connectivity index (χ4v) is 2.92. The Balaban J connectivity index is 2.53. The molecule has 0 aromatic carbocycles. The Morgan fingerprint density at radius 3 is 2.38 bits per heavy atom. The van der Waals surface area contributed by atoms with Crippen LogP contribution in [0.15, 0.2) is 6.07 Å². The van der Waals surface area contributed by atoms with E-state index in [4.69, 9.17) is 5.10 Å². The molecule has 3 nitrogen and oxygen atoms in total. The van der Waals surface area contributed by atoms with Crippen molar-refractivity contribution >= 4 is 0 Å². The standard InChI is InChI=1S/C18H35N3/c1-5-9-10-11-12-13-14-17(19-7-3)18-15-16(6-2)20-21(18)8-4/h15,17,19H,5-14H2,1-4H3. The summed E-state index contributed by atoms with van der Waals surface area (Å²) in [5.41, 5.74) is 2.60. The lowest BCUT2D eigenvalue weighted by Gasteiger charge is -2.19. The maximum Gasteiger partial charge on any atom is 0.0625 e. The summed E-state index contributed by atoms with van der Waals surface area (Å²) in [6, 6.07) is 2.77. The Kier molecular flexibility index (Phi) is 9.40. The molecule has 1 rings (SSSR count). The number of unbranched alkanes of at least 4 members (excludes halogenated alkanes) is 5. The molecule has 0 aliphatic carbocycles. The van der Waals surface area contributed by atoms with Gasteiger partial charge in [0.05, 0.1) is 11.4 Å². The molecule has 0 spiro atoms. The normalized spacial score (nSPS) is 12.8. The zero-order valence-corrected chi connectivity index (χ0v) is 14.6. The van der Waals surface area contributed by atoms with Crippen molar-refractivity contribution in [2.75, 3.05) is 6.54 Å². The van der Waals surface area contributed by atoms with Gasteiger partial charge < -0.3 is 5.32 Å². The van der Waals surface area contributed by atoms with Gasteiger partial charge in [0.25, 0.3) is 0 Å². The Labute approximate surface area is 131 Å². The van der Waals surface area contributed by atoms with Crippen LogP contribution < -0.4 is 5.32 Å². The zero-order chi connectivity index (χ0) is 15.5. The van der Waals surface area contributed by atoms with Crippen LogP contribution in [0, 0.1) is 0 Å². The summed E-state index contributed by atoms with van der Waals surface area (Å²) >= 11 is 0. The van der Waals surface area contributed by atoms with Crippen LogP contribution in [-0.4, -0.2) is 16.3 Å². The van der Waals surface area contributed by atoms with E-state index in [-0.39, 0.29) is 0 Å². The minimum absolute atomic E-state index is 0.467. The van der Waals surface area contributed by atoms with E-state index in [2.05, 4.69) is 43.8 Å². The summed E-state index contributed by atoms with van der Waals surface area (Å²) in [7, 11) is 0. The Morgan fingerprint density at radius 1 is 1.05 bits per heavy atom. The molecular formula is C18H35N3. The van der Waals surface area contributed by atoms with Crippen molar-refractivity contribution < 1.29 is 0 Å². The van der Waals surface area contributed by atoms with Crippen LogP contribution in [0.1, 0.15) is 90.1 Å². The van der Waals surface area contributed by atoms with Crippen LogP contribution in [0.4, 0.5) is 0 Å². The second kappa shape index (κ2) is 10.8. The number of aromatic nitrogens is 2. The number of hydrogen-bond donors (Lipinski definition) is 1. The van der Waals surface area contributed by atoms with Gasteiger partial charge in [-0.05, 0) is 32.4 Å². The summed E-state index contributed by atoms with van der Waals surface area (Å²) in [6.45, 7) is 10.8. The van der Waals surface area contributed by atoms with E-state index >= 15 is 0 Å². The van der Waals surface area contributed by atoms with Gasteiger partial charge in [0.2, 0.25) is 0 Å². The first-order valence-corrected chi connectivity index (χ1v) is 9.06. The summed E-state index contributed by atoms with van der Waals surface area (Å²) < 4.78 is 2.18. The van der Waals surface area contributed by atoms with E-state index in [1.165, 1.54) is 56.3 Å². The Hall–Kier alpha value is -0.830. The molecule has 1 aromatic rings. The van der Waals surface area contributed by atoms with Crippen molar-refractivity contribution in [3.8, 4) is 0 Å². The topological polar surface area (TPSA) is 29.9 Å². The fourth-order valence-electron chi connectivity index (χ4n) is 2.92. The largest absolute Gasteiger partial charge is 0.309 e. The number of hydrogen-bond acceptors (Lipinski definition) is 2. The molecule has 0 aliphatic heterocycles. The Bertz CT molecular complexity index is 371. The van der Waals surface area contributed by atoms with Crippen molar-refractivity contribution in [2.45, 2.75) is 91.6 Å². The molecule has 0 radical (unpaired) electrons. The Morgan fingerprint density at radius 2 is 1.76 bits per heavy atom. The van der Waals surface area contributed by atoms with Crippen molar-refractivity contribution in [2.24, 2.45) is 0 Å². The average molecular weight is 293 g/mol. The molecule has 1 N–H and O–H groups in total. The fraction of sp³-hybridized carbons (Fsp3) is 0.833. The van der Waals surface area contributed by atoms with Gasteiger partial charge in [-0.25, -0.2) is 0 Å². The third-order valence-corrected chi connectivity index (χ3v) is 4.18. The second-order valence-electron chi connectivity index (χ2n) is 5.90. The molecule has 1 aromatic heterocycles. The molecular weight excluding hydrogens is 258 g/mol. The monoisotopic (exact) mass is 293 g/mol. The molecule has 1 heterocycles. The maximum atomic E-state index is 4.70. The summed E-state index contributed by atoms with van der Waals surface area (Å²) in [6.07, 6.45) is 10.4. The molecule has 1 atom stereocenters. The van der Waals surface area contributed by atoms with Gasteiger partial charge in [0.1, 0.15) is 0 Å². The predicted octanol–water partition coefficient (Wildman–Crippen LogP) is 4.87. The number of aryl methyl sites for hydroxylation is 2. The first-order chi connectivity index (χ1) is 10.3. The van der Waals surface area contributed by atoms with Crippen LogP contribution in [0.3, 0.4) is 0 Å². The van der Waals surface area contributed by atoms with Gasteiger partial charge in [-0.3, -0.25) is 4.68 Å². The van der Waals surface area contributed by atoms with Gasteiger partial charge >= 0.3 is 0 Å². The molecule has 21 heavy (non-hydrogen) atoms. The lowest BCUT2D eigenvalue weighted by molar-refractivity contribution is 0.442. The number of nitrogens with one attached hydrogen (secondary N) is 1. The van der Waals surface area contributed by atoms with Crippen molar-refractivity contribution in [3.05, 3.63) is 17.5 Å². The molecule has 0 amide bonds. The van der Waals surface area contributed by atoms with E-state index in [1.54, 1.807) is 0 Å². The van der Waals surface area contributed by atoms with Gasteiger partial charge in [0.15, 0.2) is 0 Å². The molecule has 3 heteroatoms. The highest BCUT2D eigenvalue weighted by Gasteiger charge is 2.16. The smallest absolute Gasteiger partial charge is 0.0625 e. The molecule has 122 valence electrons. The van der Waals surface area contributed by atoms with Crippen LogP contribution in [0.5, 0.6) is 0 Å². The third-order valence-electron chi connectivity index (χ3n) is 4.18. The first-order valence-electron chi connectivity index (χ1n) is 9.06. The van der Waals surface area contributed by atoms with Crippen molar-refractivity contribution in [3.63, 3.8) is 0 Å². The number of rotatable bonds is 12.